The first-order chi connectivity index (χ1) is 7.30. The zero-order valence-corrected chi connectivity index (χ0v) is 13.1. The van der Waals surface area contributed by atoms with E-state index in [1.54, 1.807) is 11.3 Å². The SMILES string of the molecule is CC(C)(CC(N)=O)NCc1cc(Br)c(Br)s1. The largest absolute Gasteiger partial charge is 0.370 e. The number of amides is 1. The topological polar surface area (TPSA) is 55.1 Å². The summed E-state index contributed by atoms with van der Waals surface area (Å²) in [5, 5.41) is 3.32. The minimum absolute atomic E-state index is 0.269. The Morgan fingerprint density at radius 1 is 1.56 bits per heavy atom. The van der Waals surface area contributed by atoms with Crippen LogP contribution in [0.2, 0.25) is 0 Å². The van der Waals surface area contributed by atoms with E-state index in [9.17, 15) is 4.79 Å². The normalized spacial score (nSPS) is 11.8. The molecule has 0 aliphatic rings. The molecular weight excluding hydrogens is 356 g/mol. The smallest absolute Gasteiger partial charge is 0.219 e. The molecule has 0 fully saturated rings. The van der Waals surface area contributed by atoms with Gasteiger partial charge in [-0.25, -0.2) is 0 Å². The van der Waals surface area contributed by atoms with Crippen molar-refractivity contribution in [3.05, 3.63) is 19.2 Å². The summed E-state index contributed by atoms with van der Waals surface area (Å²) in [7, 11) is 0. The van der Waals surface area contributed by atoms with E-state index in [1.807, 2.05) is 13.8 Å². The summed E-state index contributed by atoms with van der Waals surface area (Å²) in [5.74, 6) is -0.286. The van der Waals surface area contributed by atoms with E-state index in [0.29, 0.717) is 6.42 Å². The maximum atomic E-state index is 10.9. The molecule has 1 rings (SSSR count). The highest BCUT2D eigenvalue weighted by atomic mass is 79.9. The molecule has 0 aliphatic carbocycles. The number of thiophene rings is 1. The van der Waals surface area contributed by atoms with E-state index in [0.717, 1.165) is 14.8 Å². The predicted octanol–water partition coefficient (Wildman–Crippen LogP) is 3.02. The second kappa shape index (κ2) is 5.62. The van der Waals surface area contributed by atoms with Crippen molar-refractivity contribution in [3.63, 3.8) is 0 Å². The molecule has 0 spiro atoms. The fraction of sp³-hybridized carbons (Fsp3) is 0.500. The van der Waals surface area contributed by atoms with Gasteiger partial charge in [0.2, 0.25) is 5.91 Å². The maximum absolute atomic E-state index is 10.9. The van der Waals surface area contributed by atoms with Crippen LogP contribution < -0.4 is 11.1 Å². The van der Waals surface area contributed by atoms with Crippen LogP contribution >= 0.6 is 43.2 Å². The lowest BCUT2D eigenvalue weighted by Crippen LogP contribution is -2.42. The van der Waals surface area contributed by atoms with E-state index >= 15 is 0 Å². The molecule has 0 unspecified atom stereocenters. The molecule has 6 heteroatoms. The fourth-order valence-electron chi connectivity index (χ4n) is 1.30. The van der Waals surface area contributed by atoms with Crippen molar-refractivity contribution >= 4 is 49.1 Å². The molecule has 16 heavy (non-hydrogen) atoms. The van der Waals surface area contributed by atoms with E-state index < -0.39 is 0 Å². The number of carbonyl (C=O) groups excluding carboxylic acids is 1. The van der Waals surface area contributed by atoms with Gasteiger partial charge in [-0.05, 0) is 51.8 Å². The standard InChI is InChI=1S/C10H14Br2N2OS/c1-10(2,4-8(13)15)14-5-6-3-7(11)9(12)16-6/h3,14H,4-5H2,1-2H3,(H2,13,15). The molecule has 0 bridgehead atoms. The fourth-order valence-corrected chi connectivity index (χ4v) is 3.42. The predicted molar refractivity (Wildman–Crippen MR) is 74.4 cm³/mol. The molecule has 1 aromatic rings. The van der Waals surface area contributed by atoms with Gasteiger partial charge in [-0.3, -0.25) is 4.79 Å². The van der Waals surface area contributed by atoms with E-state index in [1.165, 1.54) is 4.88 Å². The van der Waals surface area contributed by atoms with Crippen molar-refractivity contribution in [3.8, 4) is 0 Å². The molecule has 0 radical (unpaired) electrons. The summed E-state index contributed by atoms with van der Waals surface area (Å²) in [6, 6.07) is 2.06. The second-order valence-corrected chi connectivity index (χ2v) is 7.52. The minimum Gasteiger partial charge on any atom is -0.370 e. The monoisotopic (exact) mass is 368 g/mol. The number of hydrogen-bond acceptors (Lipinski definition) is 3. The van der Waals surface area contributed by atoms with Crippen LogP contribution in [0.3, 0.4) is 0 Å². The Hall–Kier alpha value is 0.0900. The second-order valence-electron chi connectivity index (χ2n) is 4.21. The number of primary amides is 1. The van der Waals surface area contributed by atoms with E-state index in [-0.39, 0.29) is 11.4 Å². The number of carbonyl (C=O) groups is 1. The Kier molecular flexibility index (Phi) is 4.97. The number of nitrogens with two attached hydrogens (primary N) is 1. The first-order valence-electron chi connectivity index (χ1n) is 4.77. The van der Waals surface area contributed by atoms with Gasteiger partial charge in [-0.2, -0.15) is 0 Å². The van der Waals surface area contributed by atoms with Crippen LogP contribution in [-0.4, -0.2) is 11.4 Å². The third-order valence-electron chi connectivity index (χ3n) is 2.05. The highest BCUT2D eigenvalue weighted by molar-refractivity contribution is 9.13. The van der Waals surface area contributed by atoms with Gasteiger partial charge >= 0.3 is 0 Å². The van der Waals surface area contributed by atoms with Crippen molar-refractivity contribution in [1.29, 1.82) is 0 Å². The molecule has 0 atom stereocenters. The average Bonchev–Trinajstić information content (AvgIpc) is 2.41. The molecule has 0 saturated heterocycles. The van der Waals surface area contributed by atoms with Gasteiger partial charge in [-0.15, -0.1) is 11.3 Å². The van der Waals surface area contributed by atoms with Gasteiger partial charge in [0, 0.05) is 27.9 Å². The molecule has 0 aromatic carbocycles. The van der Waals surface area contributed by atoms with Gasteiger partial charge in [0.05, 0.1) is 3.79 Å². The van der Waals surface area contributed by atoms with E-state index in [4.69, 9.17) is 5.73 Å². The average molecular weight is 370 g/mol. The molecule has 3 N–H and O–H groups in total. The van der Waals surface area contributed by atoms with Crippen molar-refractivity contribution < 1.29 is 4.79 Å². The van der Waals surface area contributed by atoms with E-state index in [2.05, 4.69) is 43.2 Å². The Bertz CT molecular complexity index is 371. The minimum atomic E-state index is -0.286. The zero-order valence-electron chi connectivity index (χ0n) is 9.14. The Morgan fingerprint density at radius 3 is 2.62 bits per heavy atom. The number of halogens is 2. The van der Waals surface area contributed by atoms with Crippen LogP contribution in [0.1, 0.15) is 25.1 Å². The molecule has 0 saturated carbocycles. The van der Waals surface area contributed by atoms with Gasteiger partial charge in [0.15, 0.2) is 0 Å². The van der Waals surface area contributed by atoms with Crippen LogP contribution in [0.25, 0.3) is 0 Å². The third-order valence-corrected chi connectivity index (χ3v) is 5.31. The molecule has 3 nitrogen and oxygen atoms in total. The number of hydrogen-bond donors (Lipinski definition) is 2. The quantitative estimate of drug-likeness (QED) is 0.838. The van der Waals surface area contributed by atoms with Crippen LogP contribution in [0.5, 0.6) is 0 Å². The lowest BCUT2D eigenvalue weighted by atomic mass is 10.0. The Balaban J connectivity index is 2.53. The molecule has 1 heterocycles. The Morgan fingerprint density at radius 2 is 2.19 bits per heavy atom. The molecule has 1 amide bonds. The van der Waals surface area contributed by atoms with Crippen LogP contribution in [0, 0.1) is 0 Å². The highest BCUT2D eigenvalue weighted by Gasteiger charge is 2.20. The summed E-state index contributed by atoms with van der Waals surface area (Å²) in [6.07, 6.45) is 0.334. The molecule has 90 valence electrons. The van der Waals surface area contributed by atoms with Crippen LogP contribution in [0.4, 0.5) is 0 Å². The third kappa shape index (κ3) is 4.53. The lowest BCUT2D eigenvalue weighted by molar-refractivity contribution is -0.119. The van der Waals surface area contributed by atoms with Crippen molar-refractivity contribution in [1.82, 2.24) is 5.32 Å². The Labute approximate surface area is 116 Å². The maximum Gasteiger partial charge on any atom is 0.219 e. The van der Waals surface area contributed by atoms with Crippen molar-refractivity contribution in [2.45, 2.75) is 32.4 Å². The van der Waals surface area contributed by atoms with Crippen molar-refractivity contribution in [2.24, 2.45) is 5.73 Å². The lowest BCUT2D eigenvalue weighted by Gasteiger charge is -2.24. The van der Waals surface area contributed by atoms with Crippen molar-refractivity contribution in [2.75, 3.05) is 0 Å². The summed E-state index contributed by atoms with van der Waals surface area (Å²) in [5.41, 5.74) is 4.92. The van der Waals surface area contributed by atoms with Crippen LogP contribution in [0.15, 0.2) is 14.3 Å². The molecule has 0 aliphatic heterocycles. The summed E-state index contributed by atoms with van der Waals surface area (Å²) < 4.78 is 2.14. The number of nitrogens with one attached hydrogen (secondary N) is 1. The first kappa shape index (κ1) is 14.2. The number of rotatable bonds is 5. The van der Waals surface area contributed by atoms with Crippen LogP contribution in [-0.2, 0) is 11.3 Å². The first-order valence-corrected chi connectivity index (χ1v) is 7.17. The summed E-state index contributed by atoms with van der Waals surface area (Å²) in [4.78, 5) is 12.1. The molecular formula is C10H14Br2N2OS. The summed E-state index contributed by atoms with van der Waals surface area (Å²) >= 11 is 8.55. The van der Waals surface area contributed by atoms with Gasteiger partial charge < -0.3 is 11.1 Å². The zero-order chi connectivity index (χ0) is 12.3. The summed E-state index contributed by atoms with van der Waals surface area (Å²) in [6.45, 7) is 4.67. The molecule has 1 aromatic heterocycles. The highest BCUT2D eigenvalue weighted by Crippen LogP contribution is 2.32. The van der Waals surface area contributed by atoms with Gasteiger partial charge in [0.25, 0.3) is 0 Å². The van der Waals surface area contributed by atoms with Gasteiger partial charge in [0.1, 0.15) is 0 Å². The van der Waals surface area contributed by atoms with Gasteiger partial charge in [-0.1, -0.05) is 0 Å².